The van der Waals surface area contributed by atoms with E-state index < -0.39 is 40.9 Å². The molecular formula is C10H20Cl3NO5SSi. The maximum absolute atomic E-state index is 11.6. The quantitative estimate of drug-likeness (QED) is 0.384. The van der Waals surface area contributed by atoms with E-state index in [9.17, 15) is 13.2 Å². The SMILES string of the molecule is CC(=O)O[C@@H](CNS(=O)(=O)OCC(Cl)(Cl)Cl)C[Si](C)(C)C. The summed E-state index contributed by atoms with van der Waals surface area (Å²) in [5, 5.41) is 0. The van der Waals surface area contributed by atoms with Gasteiger partial charge in [-0.15, -0.1) is 0 Å². The zero-order chi connectivity index (χ0) is 16.9. The van der Waals surface area contributed by atoms with Gasteiger partial charge in [0, 0.05) is 21.5 Å². The number of halogens is 3. The lowest BCUT2D eigenvalue weighted by Gasteiger charge is -2.24. The molecule has 1 N–H and O–H groups in total. The van der Waals surface area contributed by atoms with Crippen LogP contribution in [0.1, 0.15) is 6.92 Å². The molecule has 0 radical (unpaired) electrons. The summed E-state index contributed by atoms with van der Waals surface area (Å²) in [4.78, 5) is 11.1. The highest BCUT2D eigenvalue weighted by molar-refractivity contribution is 7.84. The number of ether oxygens (including phenoxy) is 1. The summed E-state index contributed by atoms with van der Waals surface area (Å²) in [5.41, 5.74) is 0. The molecule has 0 unspecified atom stereocenters. The van der Waals surface area contributed by atoms with Crippen molar-refractivity contribution in [2.24, 2.45) is 0 Å². The fraction of sp³-hybridized carbons (Fsp3) is 0.900. The first-order chi connectivity index (χ1) is 9.20. The second kappa shape index (κ2) is 8.33. The summed E-state index contributed by atoms with van der Waals surface area (Å²) < 4.78 is 33.2. The van der Waals surface area contributed by atoms with E-state index in [4.69, 9.17) is 39.5 Å². The second-order valence-corrected chi connectivity index (χ2v) is 15.2. The molecule has 0 spiro atoms. The predicted molar refractivity (Wildman–Crippen MR) is 86.9 cm³/mol. The fourth-order valence-corrected chi connectivity index (χ4v) is 4.21. The van der Waals surface area contributed by atoms with Gasteiger partial charge in [-0.05, 0) is 6.04 Å². The van der Waals surface area contributed by atoms with Gasteiger partial charge in [0.2, 0.25) is 3.79 Å². The first kappa shape index (κ1) is 21.4. The van der Waals surface area contributed by atoms with Crippen molar-refractivity contribution in [1.82, 2.24) is 4.72 Å². The number of rotatable bonds is 8. The van der Waals surface area contributed by atoms with Gasteiger partial charge in [0.15, 0.2) is 0 Å². The minimum absolute atomic E-state index is 0.0912. The van der Waals surface area contributed by atoms with Crippen LogP contribution in [0.2, 0.25) is 25.7 Å². The van der Waals surface area contributed by atoms with Crippen LogP contribution in [0.15, 0.2) is 0 Å². The van der Waals surface area contributed by atoms with Crippen LogP contribution in [0.25, 0.3) is 0 Å². The van der Waals surface area contributed by atoms with E-state index in [1.54, 1.807) is 0 Å². The number of hydrogen-bond acceptors (Lipinski definition) is 5. The fourth-order valence-electron chi connectivity index (χ4n) is 1.45. The Hall–Kier alpha value is 0.427. The third-order valence-electron chi connectivity index (χ3n) is 2.04. The van der Waals surface area contributed by atoms with Gasteiger partial charge in [-0.2, -0.15) is 13.1 Å². The molecule has 0 amide bonds. The number of alkyl halides is 3. The number of nitrogens with one attached hydrogen (secondary N) is 1. The molecule has 0 aliphatic heterocycles. The highest BCUT2D eigenvalue weighted by Crippen LogP contribution is 2.26. The summed E-state index contributed by atoms with van der Waals surface area (Å²) in [5.74, 6) is -0.473. The van der Waals surface area contributed by atoms with Crippen LogP contribution < -0.4 is 4.72 Å². The minimum atomic E-state index is -4.08. The average molecular weight is 401 g/mol. The second-order valence-electron chi connectivity index (χ2n) is 5.68. The molecule has 0 aromatic carbocycles. The summed E-state index contributed by atoms with van der Waals surface area (Å²) in [6.07, 6.45) is -0.555. The van der Waals surface area contributed by atoms with Gasteiger partial charge in [0.1, 0.15) is 12.7 Å². The number of carbonyl (C=O) groups excluding carboxylic acids is 1. The molecule has 0 aliphatic rings. The van der Waals surface area contributed by atoms with Gasteiger partial charge in [-0.3, -0.25) is 8.98 Å². The molecule has 0 aromatic rings. The maximum atomic E-state index is 11.6. The third kappa shape index (κ3) is 13.8. The molecule has 11 heteroatoms. The Morgan fingerprint density at radius 2 is 1.81 bits per heavy atom. The molecular weight excluding hydrogens is 381 g/mol. The van der Waals surface area contributed by atoms with Crippen molar-refractivity contribution in [2.45, 2.75) is 42.5 Å². The number of hydrogen-bond donors (Lipinski definition) is 1. The van der Waals surface area contributed by atoms with E-state index in [2.05, 4.69) is 28.5 Å². The molecule has 0 saturated carbocycles. The monoisotopic (exact) mass is 399 g/mol. The topological polar surface area (TPSA) is 81.7 Å². The Balaban J connectivity index is 4.55. The van der Waals surface area contributed by atoms with Gasteiger partial charge < -0.3 is 4.74 Å². The van der Waals surface area contributed by atoms with Crippen LogP contribution in [-0.4, -0.2) is 45.5 Å². The first-order valence-corrected chi connectivity index (χ1v) is 12.3. The van der Waals surface area contributed by atoms with Crippen molar-refractivity contribution in [1.29, 1.82) is 0 Å². The molecule has 0 rings (SSSR count). The van der Waals surface area contributed by atoms with Gasteiger partial charge in [0.05, 0.1) is 0 Å². The molecule has 0 aliphatic carbocycles. The Labute approximate surface area is 141 Å². The molecule has 21 heavy (non-hydrogen) atoms. The Bertz CT molecular complexity index is 447. The maximum Gasteiger partial charge on any atom is 0.336 e. The van der Waals surface area contributed by atoms with Crippen molar-refractivity contribution >= 4 is 59.2 Å². The molecule has 0 fully saturated rings. The van der Waals surface area contributed by atoms with Gasteiger partial charge in [-0.1, -0.05) is 54.4 Å². The summed E-state index contributed by atoms with van der Waals surface area (Å²) >= 11 is 16.2. The van der Waals surface area contributed by atoms with Gasteiger partial charge >= 0.3 is 16.3 Å². The molecule has 0 aromatic heterocycles. The highest BCUT2D eigenvalue weighted by atomic mass is 35.6. The highest BCUT2D eigenvalue weighted by Gasteiger charge is 2.27. The lowest BCUT2D eigenvalue weighted by molar-refractivity contribution is -0.145. The van der Waals surface area contributed by atoms with Crippen molar-refractivity contribution in [3.63, 3.8) is 0 Å². The third-order valence-corrected chi connectivity index (χ3v) is 4.99. The molecule has 6 nitrogen and oxygen atoms in total. The van der Waals surface area contributed by atoms with Crippen LogP contribution in [0.4, 0.5) is 0 Å². The summed E-state index contributed by atoms with van der Waals surface area (Å²) in [6, 6.07) is 0.611. The molecule has 0 bridgehead atoms. The van der Waals surface area contributed by atoms with E-state index in [-0.39, 0.29) is 6.54 Å². The van der Waals surface area contributed by atoms with E-state index in [1.165, 1.54) is 6.92 Å². The van der Waals surface area contributed by atoms with Crippen LogP contribution in [0, 0.1) is 0 Å². The number of carbonyl (C=O) groups is 1. The summed E-state index contributed by atoms with van der Waals surface area (Å²) in [7, 11) is -5.63. The van der Waals surface area contributed by atoms with E-state index >= 15 is 0 Å². The van der Waals surface area contributed by atoms with Crippen molar-refractivity contribution in [2.75, 3.05) is 13.2 Å². The van der Waals surface area contributed by atoms with Crippen molar-refractivity contribution in [3.8, 4) is 0 Å². The lowest BCUT2D eigenvalue weighted by atomic mass is 10.4. The Morgan fingerprint density at radius 3 is 2.19 bits per heavy atom. The van der Waals surface area contributed by atoms with E-state index in [1.807, 2.05) is 0 Å². The minimum Gasteiger partial charge on any atom is -0.461 e. The van der Waals surface area contributed by atoms with Gasteiger partial charge in [-0.25, -0.2) is 0 Å². The lowest BCUT2D eigenvalue weighted by Crippen LogP contribution is -2.40. The Morgan fingerprint density at radius 1 is 1.29 bits per heavy atom. The Kier molecular flexibility index (Phi) is 8.50. The van der Waals surface area contributed by atoms with Crippen LogP contribution in [0.5, 0.6) is 0 Å². The molecule has 1 atom stereocenters. The normalized spacial score (nSPS) is 14.8. The predicted octanol–water partition coefficient (Wildman–Crippen LogP) is 2.48. The number of esters is 1. The van der Waals surface area contributed by atoms with Crippen molar-refractivity contribution < 1.29 is 22.1 Å². The largest absolute Gasteiger partial charge is 0.461 e. The zero-order valence-electron chi connectivity index (χ0n) is 12.3. The van der Waals surface area contributed by atoms with E-state index in [0.717, 1.165) is 0 Å². The molecule has 126 valence electrons. The first-order valence-electron chi connectivity index (χ1n) is 6.08. The van der Waals surface area contributed by atoms with Crippen LogP contribution in [0.3, 0.4) is 0 Å². The molecule has 0 heterocycles. The average Bonchev–Trinajstić information content (AvgIpc) is 2.20. The molecule has 0 saturated heterocycles. The van der Waals surface area contributed by atoms with Gasteiger partial charge in [0.25, 0.3) is 0 Å². The summed E-state index contributed by atoms with van der Waals surface area (Å²) in [6.45, 7) is 6.81. The van der Waals surface area contributed by atoms with Crippen LogP contribution in [-0.2, 0) is 24.0 Å². The smallest absolute Gasteiger partial charge is 0.336 e. The van der Waals surface area contributed by atoms with E-state index in [0.29, 0.717) is 6.04 Å². The van der Waals surface area contributed by atoms with Crippen LogP contribution >= 0.6 is 34.8 Å². The van der Waals surface area contributed by atoms with Crippen molar-refractivity contribution in [3.05, 3.63) is 0 Å². The standard InChI is InChI=1S/C10H20Cl3NO5SSi/c1-8(15)19-9(6-21(2,3)4)5-14-20(16,17)18-7-10(11,12)13/h9,14H,5-7H2,1-4H3/t9-/m0/s1. The zero-order valence-corrected chi connectivity index (χ0v) is 16.4.